The van der Waals surface area contributed by atoms with Crippen LogP contribution in [0.1, 0.15) is 16.7 Å². The molecule has 23 heavy (non-hydrogen) atoms. The van der Waals surface area contributed by atoms with Gasteiger partial charge in [-0.1, -0.05) is 18.2 Å². The molecule has 0 aliphatic rings. The second-order valence-electron chi connectivity index (χ2n) is 4.88. The molecule has 0 aromatic heterocycles. The fourth-order valence-corrected chi connectivity index (χ4v) is 2.56. The molecular weight excluding hydrogens is 330 g/mol. The zero-order valence-corrected chi connectivity index (χ0v) is 12.8. The van der Waals surface area contributed by atoms with E-state index >= 15 is 0 Å². The lowest BCUT2D eigenvalue weighted by atomic mass is 10.1. The Kier molecular flexibility index (Phi) is 6.04. The molecule has 0 saturated heterocycles. The zero-order chi connectivity index (χ0) is 16.9. The highest BCUT2D eigenvalue weighted by molar-refractivity contribution is 8.00. The topological polar surface area (TPSA) is 32.3 Å². The van der Waals surface area contributed by atoms with Crippen molar-refractivity contribution >= 4 is 11.8 Å². The molecule has 0 fully saturated rings. The van der Waals surface area contributed by atoms with Gasteiger partial charge in [0.25, 0.3) is 0 Å². The van der Waals surface area contributed by atoms with Crippen molar-refractivity contribution in [1.29, 1.82) is 0 Å². The molecule has 0 spiro atoms. The van der Waals surface area contributed by atoms with Crippen LogP contribution in [0.4, 0.5) is 17.6 Å². The zero-order valence-electron chi connectivity index (χ0n) is 12.0. The number of aliphatic hydroxyl groups excluding tert-OH is 1. The van der Waals surface area contributed by atoms with Gasteiger partial charge < -0.3 is 10.4 Å². The minimum atomic E-state index is -4.28. The van der Waals surface area contributed by atoms with Crippen LogP contribution < -0.4 is 5.32 Å². The Morgan fingerprint density at radius 2 is 1.57 bits per heavy atom. The van der Waals surface area contributed by atoms with Crippen LogP contribution in [-0.4, -0.2) is 10.6 Å². The predicted molar refractivity (Wildman–Crippen MR) is 81.2 cm³/mol. The summed E-state index contributed by atoms with van der Waals surface area (Å²) < 4.78 is 49.9. The van der Waals surface area contributed by atoms with Crippen molar-refractivity contribution in [3.63, 3.8) is 0 Å². The minimum absolute atomic E-state index is 0.144. The molecule has 0 heterocycles. The first-order valence-corrected chi connectivity index (χ1v) is 7.62. The van der Waals surface area contributed by atoms with E-state index in [4.69, 9.17) is 5.11 Å². The van der Waals surface area contributed by atoms with E-state index in [0.717, 1.165) is 11.1 Å². The smallest absolute Gasteiger partial charge is 0.392 e. The Morgan fingerprint density at radius 3 is 2.17 bits per heavy atom. The van der Waals surface area contributed by atoms with Gasteiger partial charge in [-0.15, -0.1) is 0 Å². The predicted octanol–water partition coefficient (Wildman–Crippen LogP) is 4.22. The second kappa shape index (κ2) is 7.81. The molecule has 124 valence electrons. The van der Waals surface area contributed by atoms with Gasteiger partial charge in [0.2, 0.25) is 0 Å². The van der Waals surface area contributed by atoms with Gasteiger partial charge in [0, 0.05) is 23.5 Å². The fourth-order valence-electron chi connectivity index (χ4n) is 2.02. The maximum absolute atomic E-state index is 13.2. The number of benzene rings is 2. The first kappa shape index (κ1) is 17.8. The van der Waals surface area contributed by atoms with Crippen LogP contribution >= 0.6 is 11.8 Å². The lowest BCUT2D eigenvalue weighted by Crippen LogP contribution is -2.13. The Morgan fingerprint density at radius 1 is 0.957 bits per heavy atom. The molecular formula is C16H15F4NOS. The van der Waals surface area contributed by atoms with Crippen LogP contribution in [0.2, 0.25) is 0 Å². The Bertz CT molecular complexity index is 644. The molecule has 2 aromatic carbocycles. The third kappa shape index (κ3) is 5.85. The van der Waals surface area contributed by atoms with Gasteiger partial charge in [0.05, 0.1) is 6.61 Å². The number of hydrogen-bond acceptors (Lipinski definition) is 3. The van der Waals surface area contributed by atoms with Crippen molar-refractivity contribution in [2.75, 3.05) is 0 Å². The fraction of sp³-hybridized carbons (Fsp3) is 0.250. The van der Waals surface area contributed by atoms with Crippen LogP contribution in [0.25, 0.3) is 0 Å². The number of hydrogen-bond donors (Lipinski definition) is 2. The van der Waals surface area contributed by atoms with Gasteiger partial charge in [-0.05, 0) is 47.2 Å². The molecule has 0 saturated carbocycles. The summed E-state index contributed by atoms with van der Waals surface area (Å²) in [7, 11) is 0. The molecule has 2 rings (SSSR count). The van der Waals surface area contributed by atoms with E-state index in [-0.39, 0.29) is 28.8 Å². The minimum Gasteiger partial charge on any atom is -0.392 e. The maximum atomic E-state index is 13.2. The maximum Gasteiger partial charge on any atom is 0.446 e. The molecule has 0 unspecified atom stereocenters. The van der Waals surface area contributed by atoms with E-state index in [9.17, 15) is 17.6 Å². The summed E-state index contributed by atoms with van der Waals surface area (Å²) in [5.74, 6) is -0.450. The van der Waals surface area contributed by atoms with Crippen molar-refractivity contribution in [2.45, 2.75) is 30.1 Å². The number of thioether (sulfide) groups is 1. The Labute approximate surface area is 135 Å². The summed E-state index contributed by atoms with van der Waals surface area (Å²) in [6, 6.07) is 10.6. The number of rotatable bonds is 6. The van der Waals surface area contributed by atoms with E-state index in [1.165, 1.54) is 18.2 Å². The van der Waals surface area contributed by atoms with Gasteiger partial charge in [0.15, 0.2) is 0 Å². The summed E-state index contributed by atoms with van der Waals surface area (Å²) in [6.07, 6.45) is 0. The summed E-state index contributed by atoms with van der Waals surface area (Å²) in [5.41, 5.74) is -2.38. The van der Waals surface area contributed by atoms with E-state index in [1.54, 1.807) is 24.3 Å². The first-order chi connectivity index (χ1) is 10.9. The molecule has 2 nitrogen and oxygen atoms in total. The number of aliphatic hydroxyl groups is 1. The molecule has 0 amide bonds. The average molecular weight is 345 g/mol. The summed E-state index contributed by atoms with van der Waals surface area (Å²) in [4.78, 5) is 0.146. The molecule has 0 aliphatic heterocycles. The van der Waals surface area contributed by atoms with Crippen LogP contribution in [-0.2, 0) is 19.7 Å². The summed E-state index contributed by atoms with van der Waals surface area (Å²) in [5, 5.41) is 12.1. The summed E-state index contributed by atoms with van der Waals surface area (Å²) in [6.45, 7) is 0.577. The normalized spacial score (nSPS) is 11.7. The first-order valence-electron chi connectivity index (χ1n) is 6.81. The van der Waals surface area contributed by atoms with Crippen LogP contribution in [0, 0.1) is 5.82 Å². The van der Waals surface area contributed by atoms with Gasteiger partial charge in [-0.3, -0.25) is 0 Å². The number of nitrogens with one attached hydrogen (secondary N) is 1. The lowest BCUT2D eigenvalue weighted by molar-refractivity contribution is -0.0328. The molecule has 0 radical (unpaired) electrons. The highest BCUT2D eigenvalue weighted by Gasteiger charge is 2.28. The Hall–Kier alpha value is -1.57. The molecule has 0 atom stereocenters. The van der Waals surface area contributed by atoms with Crippen molar-refractivity contribution in [3.05, 3.63) is 65.0 Å². The SMILES string of the molecule is OCc1cc(CNCc2ccc(SC(F)(F)F)cc2)ccc1F. The van der Waals surface area contributed by atoms with Gasteiger partial charge >= 0.3 is 5.51 Å². The quantitative estimate of drug-likeness (QED) is 0.607. The lowest BCUT2D eigenvalue weighted by Gasteiger charge is -2.09. The van der Waals surface area contributed by atoms with E-state index in [1.807, 2.05) is 0 Å². The average Bonchev–Trinajstić information content (AvgIpc) is 2.49. The number of halogens is 4. The van der Waals surface area contributed by atoms with Crippen LogP contribution in [0.5, 0.6) is 0 Å². The molecule has 2 aromatic rings. The van der Waals surface area contributed by atoms with Crippen molar-refractivity contribution in [3.8, 4) is 0 Å². The van der Waals surface area contributed by atoms with Gasteiger partial charge in [-0.2, -0.15) is 13.2 Å². The van der Waals surface area contributed by atoms with Gasteiger partial charge in [0.1, 0.15) is 5.82 Å². The third-order valence-corrected chi connectivity index (χ3v) is 3.83. The standard InChI is InChI=1S/C16H15F4NOS/c17-15-6-3-12(7-13(15)10-22)9-21-8-11-1-4-14(5-2-11)23-16(18,19)20/h1-7,21-22H,8-10H2. The molecule has 0 bridgehead atoms. The Balaban J connectivity index is 1.86. The van der Waals surface area contributed by atoms with Crippen LogP contribution in [0.15, 0.2) is 47.4 Å². The van der Waals surface area contributed by atoms with E-state index < -0.39 is 11.3 Å². The van der Waals surface area contributed by atoms with Gasteiger partial charge in [-0.25, -0.2) is 4.39 Å². The monoisotopic (exact) mass is 345 g/mol. The van der Waals surface area contributed by atoms with Crippen molar-refractivity contribution in [2.24, 2.45) is 0 Å². The second-order valence-corrected chi connectivity index (χ2v) is 6.02. The molecule has 0 aliphatic carbocycles. The largest absolute Gasteiger partial charge is 0.446 e. The van der Waals surface area contributed by atoms with Crippen molar-refractivity contribution in [1.82, 2.24) is 5.32 Å². The van der Waals surface area contributed by atoms with Crippen molar-refractivity contribution < 1.29 is 22.7 Å². The molecule has 2 N–H and O–H groups in total. The third-order valence-electron chi connectivity index (χ3n) is 3.10. The van der Waals surface area contributed by atoms with E-state index in [0.29, 0.717) is 13.1 Å². The van der Waals surface area contributed by atoms with E-state index in [2.05, 4.69) is 5.32 Å². The summed E-state index contributed by atoms with van der Waals surface area (Å²) >= 11 is -0.144. The highest BCUT2D eigenvalue weighted by Crippen LogP contribution is 2.36. The number of alkyl halides is 3. The highest BCUT2D eigenvalue weighted by atomic mass is 32.2. The molecule has 7 heteroatoms. The van der Waals surface area contributed by atoms with Crippen LogP contribution in [0.3, 0.4) is 0 Å².